The van der Waals surface area contributed by atoms with E-state index in [4.69, 9.17) is 9.26 Å². The van der Waals surface area contributed by atoms with Crippen LogP contribution in [0.4, 0.5) is 0 Å². The summed E-state index contributed by atoms with van der Waals surface area (Å²) in [5.41, 5.74) is 4.69. The predicted octanol–water partition coefficient (Wildman–Crippen LogP) is 4.69. The second-order valence-corrected chi connectivity index (χ2v) is 7.41. The fourth-order valence-electron chi connectivity index (χ4n) is 2.86. The third-order valence-electron chi connectivity index (χ3n) is 4.31. The Hall–Kier alpha value is -4.04. The number of hydrogen-bond acceptors (Lipinski definition) is 7. The van der Waals surface area contributed by atoms with Crippen LogP contribution in [-0.4, -0.2) is 23.2 Å². The van der Waals surface area contributed by atoms with Crippen LogP contribution in [0.1, 0.15) is 31.4 Å². The highest BCUT2D eigenvalue weighted by atomic mass is 32.1. The fraction of sp³-hybridized carbons (Fsp3) is 0.0435. The summed E-state index contributed by atoms with van der Waals surface area (Å²) in [5, 5.41) is 9.82. The summed E-state index contributed by atoms with van der Waals surface area (Å²) in [6.45, 7) is 1.67. The van der Waals surface area contributed by atoms with E-state index in [0.717, 1.165) is 5.56 Å². The predicted molar refractivity (Wildman–Crippen MR) is 117 cm³/mol. The first-order valence-electron chi connectivity index (χ1n) is 9.32. The molecule has 0 aliphatic rings. The van der Waals surface area contributed by atoms with Gasteiger partial charge >= 0.3 is 5.97 Å². The topological polar surface area (TPSA) is 93.8 Å². The number of nitrogens with one attached hydrogen (secondary N) is 1. The van der Waals surface area contributed by atoms with Crippen molar-refractivity contribution in [3.63, 3.8) is 0 Å². The number of benzene rings is 2. The van der Waals surface area contributed by atoms with Crippen LogP contribution in [0.2, 0.25) is 0 Å². The van der Waals surface area contributed by atoms with Crippen LogP contribution in [0.25, 0.3) is 11.3 Å². The van der Waals surface area contributed by atoms with Crippen LogP contribution in [-0.2, 0) is 0 Å². The zero-order valence-electron chi connectivity index (χ0n) is 16.4. The summed E-state index contributed by atoms with van der Waals surface area (Å²) in [6.07, 6.45) is 1.46. The van der Waals surface area contributed by atoms with Gasteiger partial charge in [0, 0.05) is 5.56 Å². The van der Waals surface area contributed by atoms with Crippen LogP contribution in [0, 0.1) is 6.92 Å². The van der Waals surface area contributed by atoms with Crippen molar-refractivity contribution in [2.75, 3.05) is 0 Å². The monoisotopic (exact) mass is 431 g/mol. The zero-order valence-corrected chi connectivity index (χ0v) is 17.3. The number of hydrogen-bond donors (Lipinski definition) is 1. The van der Waals surface area contributed by atoms with Gasteiger partial charge in [0.2, 0.25) is 0 Å². The highest BCUT2D eigenvalue weighted by Gasteiger charge is 2.21. The third-order valence-corrected chi connectivity index (χ3v) is 5.16. The van der Waals surface area contributed by atoms with Crippen LogP contribution >= 0.6 is 11.3 Å². The number of carbonyl (C=O) groups is 2. The lowest BCUT2D eigenvalue weighted by molar-refractivity contribution is 0.0739. The van der Waals surface area contributed by atoms with Gasteiger partial charge in [0.1, 0.15) is 27.6 Å². The molecule has 31 heavy (non-hydrogen) atoms. The maximum atomic E-state index is 12.7. The Labute approximate surface area is 182 Å². The van der Waals surface area contributed by atoms with Crippen molar-refractivity contribution in [1.82, 2.24) is 10.6 Å². The van der Waals surface area contributed by atoms with E-state index in [-0.39, 0.29) is 0 Å². The molecule has 0 fully saturated rings. The molecule has 1 amide bonds. The van der Waals surface area contributed by atoms with Gasteiger partial charge in [-0.05, 0) is 36.1 Å². The largest absolute Gasteiger partial charge is 0.422 e. The van der Waals surface area contributed by atoms with Crippen LogP contribution < -0.4 is 10.2 Å². The molecule has 0 unspecified atom stereocenters. The summed E-state index contributed by atoms with van der Waals surface area (Å²) < 4.78 is 10.6. The van der Waals surface area contributed by atoms with E-state index in [9.17, 15) is 9.59 Å². The minimum absolute atomic E-state index is 0.321. The maximum Gasteiger partial charge on any atom is 0.353 e. The van der Waals surface area contributed by atoms with Crippen LogP contribution in [0.5, 0.6) is 5.75 Å². The van der Waals surface area contributed by atoms with Gasteiger partial charge in [-0.15, -0.1) is 11.3 Å². The Morgan fingerprint density at radius 2 is 1.94 bits per heavy atom. The number of nitrogens with zero attached hydrogens (tertiary/aromatic N) is 2. The standard InChI is InChI=1S/C23H17N3O4S/c1-15-20(21(26-30-15)17-8-3-2-4-9-17)22(27)25-24-14-16-7-5-10-18(13-16)29-23(28)19-11-6-12-31-19/h2-14H,1H3,(H,25,27)/b24-14+. The number of amides is 1. The molecular weight excluding hydrogens is 414 g/mol. The molecule has 2 heterocycles. The first-order chi connectivity index (χ1) is 15.1. The molecule has 0 aliphatic carbocycles. The number of aromatic nitrogens is 1. The first kappa shape index (κ1) is 20.2. The summed E-state index contributed by atoms with van der Waals surface area (Å²) in [4.78, 5) is 25.3. The minimum atomic E-state index is -0.436. The summed E-state index contributed by atoms with van der Waals surface area (Å²) >= 11 is 1.31. The normalized spacial score (nSPS) is 10.9. The summed E-state index contributed by atoms with van der Waals surface area (Å²) in [5.74, 6) is -0.0770. The van der Waals surface area contributed by atoms with Gasteiger partial charge in [-0.1, -0.05) is 53.7 Å². The SMILES string of the molecule is Cc1onc(-c2ccccc2)c1C(=O)N/N=C/c1cccc(OC(=O)c2cccs2)c1. The number of esters is 1. The van der Waals surface area contributed by atoms with E-state index >= 15 is 0 Å². The summed E-state index contributed by atoms with van der Waals surface area (Å²) in [6, 6.07) is 19.6. The van der Waals surface area contributed by atoms with Crippen molar-refractivity contribution in [1.29, 1.82) is 0 Å². The number of carbonyl (C=O) groups excluding carboxylic acids is 2. The molecular formula is C23H17N3O4S. The molecule has 4 aromatic rings. The molecule has 4 rings (SSSR count). The molecule has 154 valence electrons. The van der Waals surface area contributed by atoms with Gasteiger partial charge in [0.25, 0.3) is 5.91 Å². The molecule has 2 aromatic carbocycles. The smallest absolute Gasteiger partial charge is 0.353 e. The molecule has 0 radical (unpaired) electrons. The van der Waals surface area contributed by atoms with Gasteiger partial charge in [0.15, 0.2) is 0 Å². The molecule has 2 aromatic heterocycles. The van der Waals surface area contributed by atoms with Gasteiger partial charge < -0.3 is 9.26 Å². The quantitative estimate of drug-likeness (QED) is 0.207. The van der Waals surface area contributed by atoms with Crippen molar-refractivity contribution >= 4 is 29.4 Å². The number of rotatable bonds is 6. The van der Waals surface area contributed by atoms with Crippen molar-refractivity contribution in [2.45, 2.75) is 6.92 Å². The Bertz CT molecular complexity index is 1230. The molecule has 8 heteroatoms. The maximum absolute atomic E-state index is 12.7. The van der Waals surface area contributed by atoms with Gasteiger partial charge in [-0.3, -0.25) is 4.79 Å². The van der Waals surface area contributed by atoms with E-state index < -0.39 is 11.9 Å². The highest BCUT2D eigenvalue weighted by molar-refractivity contribution is 7.12. The average Bonchev–Trinajstić information content (AvgIpc) is 3.45. The number of aryl methyl sites for hydroxylation is 1. The van der Waals surface area contributed by atoms with Gasteiger partial charge in [0.05, 0.1) is 6.21 Å². The van der Waals surface area contributed by atoms with Crippen LogP contribution in [0.3, 0.4) is 0 Å². The Kier molecular flexibility index (Phi) is 6.00. The number of hydrazone groups is 1. The van der Waals surface area contributed by atoms with E-state index in [2.05, 4.69) is 15.7 Å². The highest BCUT2D eigenvalue weighted by Crippen LogP contribution is 2.25. The Morgan fingerprint density at radius 3 is 2.71 bits per heavy atom. The molecule has 0 aliphatic heterocycles. The molecule has 7 nitrogen and oxygen atoms in total. The summed E-state index contributed by atoms with van der Waals surface area (Å²) in [7, 11) is 0. The molecule has 0 saturated heterocycles. The Balaban J connectivity index is 1.44. The Morgan fingerprint density at radius 1 is 1.10 bits per heavy atom. The fourth-order valence-corrected chi connectivity index (χ4v) is 3.46. The van der Waals surface area contributed by atoms with Gasteiger partial charge in [-0.25, -0.2) is 10.2 Å². The van der Waals surface area contributed by atoms with Crippen molar-refractivity contribution in [3.8, 4) is 17.0 Å². The average molecular weight is 431 g/mol. The van der Waals surface area contributed by atoms with Crippen LogP contribution in [0.15, 0.2) is 81.7 Å². The first-order valence-corrected chi connectivity index (χ1v) is 10.2. The molecule has 1 N–H and O–H groups in total. The lowest BCUT2D eigenvalue weighted by Gasteiger charge is -2.04. The molecule has 0 saturated carbocycles. The number of ether oxygens (including phenoxy) is 1. The van der Waals surface area contributed by atoms with Crippen molar-refractivity contribution < 1.29 is 18.8 Å². The zero-order chi connectivity index (χ0) is 21.6. The molecule has 0 bridgehead atoms. The van der Waals surface area contributed by atoms with E-state index in [1.165, 1.54) is 17.6 Å². The number of thiophene rings is 1. The molecule has 0 spiro atoms. The van der Waals surface area contributed by atoms with E-state index in [1.54, 1.807) is 43.3 Å². The minimum Gasteiger partial charge on any atom is -0.422 e. The lowest BCUT2D eigenvalue weighted by Crippen LogP contribution is -2.18. The van der Waals surface area contributed by atoms with E-state index in [0.29, 0.717) is 33.2 Å². The second kappa shape index (κ2) is 9.19. The lowest BCUT2D eigenvalue weighted by atomic mass is 10.1. The van der Waals surface area contributed by atoms with E-state index in [1.807, 2.05) is 35.7 Å². The van der Waals surface area contributed by atoms with Gasteiger partial charge in [-0.2, -0.15) is 5.10 Å². The van der Waals surface area contributed by atoms with Crippen molar-refractivity contribution in [2.24, 2.45) is 5.10 Å². The second-order valence-electron chi connectivity index (χ2n) is 6.47. The third kappa shape index (κ3) is 4.76. The molecule has 0 atom stereocenters. The van der Waals surface area contributed by atoms with Crippen molar-refractivity contribution in [3.05, 3.63) is 93.9 Å².